The first kappa shape index (κ1) is 30.3. The van der Waals surface area contributed by atoms with E-state index in [9.17, 15) is 37.6 Å². The molecule has 0 aromatic heterocycles. The number of benzene rings is 1. The largest absolute Gasteiger partial charge is 0.471 e. The summed E-state index contributed by atoms with van der Waals surface area (Å²) in [6, 6.07) is 5.72. The number of nitriles is 1. The summed E-state index contributed by atoms with van der Waals surface area (Å²) in [6.45, 7) is 3.62. The first-order valence-corrected chi connectivity index (χ1v) is 14.1. The van der Waals surface area contributed by atoms with Crippen molar-refractivity contribution in [1.29, 1.82) is 5.26 Å². The van der Waals surface area contributed by atoms with Crippen LogP contribution in [0.1, 0.15) is 64.4 Å². The molecule has 4 amide bonds. The maximum Gasteiger partial charge on any atom is 0.471 e. The molecule has 12 heteroatoms. The monoisotopic (exact) mass is 575 g/mol. The molecule has 4 atom stereocenters. The number of amides is 4. The molecule has 3 aliphatic rings. The third kappa shape index (κ3) is 5.90. The first-order chi connectivity index (χ1) is 19.3. The van der Waals surface area contributed by atoms with Gasteiger partial charge in [-0.3, -0.25) is 19.2 Å². The fourth-order valence-corrected chi connectivity index (χ4v) is 6.49. The summed E-state index contributed by atoms with van der Waals surface area (Å²) < 4.78 is 39.6. The minimum absolute atomic E-state index is 0.0691. The molecule has 2 aliphatic heterocycles. The number of hydrogen-bond acceptors (Lipinski definition) is 5. The normalized spacial score (nSPS) is 24.0. The highest BCUT2D eigenvalue weighted by molar-refractivity contribution is 6.07. The predicted molar refractivity (Wildman–Crippen MR) is 143 cm³/mol. The van der Waals surface area contributed by atoms with E-state index >= 15 is 0 Å². The van der Waals surface area contributed by atoms with E-state index in [2.05, 4.69) is 11.4 Å². The van der Waals surface area contributed by atoms with Crippen molar-refractivity contribution < 1.29 is 32.3 Å². The highest BCUT2D eigenvalue weighted by Gasteiger charge is 2.57. The Morgan fingerprint density at radius 3 is 2.46 bits per heavy atom. The highest BCUT2D eigenvalue weighted by atomic mass is 19.4. The zero-order valence-electron chi connectivity index (χ0n) is 23.5. The second kappa shape index (κ2) is 11.7. The van der Waals surface area contributed by atoms with Crippen LogP contribution in [0.25, 0.3) is 0 Å². The van der Waals surface area contributed by atoms with Crippen molar-refractivity contribution in [2.75, 3.05) is 18.9 Å². The number of halogens is 3. The number of likely N-dealkylation sites (N-methyl/N-ethyl adjacent to an activating group) is 1. The van der Waals surface area contributed by atoms with Crippen LogP contribution in [-0.2, 0) is 24.6 Å². The van der Waals surface area contributed by atoms with Gasteiger partial charge < -0.3 is 20.4 Å². The number of fused-ring (bicyclic) bond motifs is 2. The number of anilines is 1. The maximum absolute atomic E-state index is 14.1. The fourth-order valence-electron chi connectivity index (χ4n) is 6.49. The number of para-hydroxylation sites is 1. The predicted octanol–water partition coefficient (Wildman–Crippen LogP) is 3.50. The van der Waals surface area contributed by atoms with E-state index in [-0.39, 0.29) is 31.2 Å². The number of carbonyl (C=O) groups excluding carboxylic acids is 4. The summed E-state index contributed by atoms with van der Waals surface area (Å²) in [7, 11) is 1.35. The molecule has 4 rings (SSSR count). The quantitative estimate of drug-likeness (QED) is 0.515. The lowest BCUT2D eigenvalue weighted by atomic mass is 9.80. The summed E-state index contributed by atoms with van der Waals surface area (Å²) in [4.78, 5) is 55.5. The van der Waals surface area contributed by atoms with Gasteiger partial charge in [0.15, 0.2) is 0 Å². The van der Waals surface area contributed by atoms with Crippen molar-refractivity contribution in [2.45, 2.75) is 88.5 Å². The Morgan fingerprint density at radius 2 is 1.85 bits per heavy atom. The number of alkyl halides is 3. The van der Waals surface area contributed by atoms with Crippen LogP contribution in [0.15, 0.2) is 24.3 Å². The Hall–Kier alpha value is -3.62. The SMILES string of the molecule is CC(C)C[C@@H](C(=O)N1C[C@]2(C[C@H]1C#N)C(=O)Nc1ccccc12)N(C)C(=O)[C@@H](NC(=O)C(F)(F)F)C1CCCCC1. The molecule has 41 heavy (non-hydrogen) atoms. The van der Waals surface area contributed by atoms with Crippen LogP contribution in [0.2, 0.25) is 0 Å². The molecule has 2 heterocycles. The fraction of sp³-hybridized carbons (Fsp3) is 0.621. The van der Waals surface area contributed by atoms with Crippen LogP contribution in [0.3, 0.4) is 0 Å². The third-order valence-corrected chi connectivity index (χ3v) is 8.64. The molecule has 0 bridgehead atoms. The second-order valence-electron chi connectivity index (χ2n) is 11.8. The van der Waals surface area contributed by atoms with Gasteiger partial charge in [-0.05, 0) is 42.7 Å². The Labute approximate surface area is 237 Å². The Kier molecular flexibility index (Phi) is 8.66. The van der Waals surface area contributed by atoms with Gasteiger partial charge in [-0.1, -0.05) is 51.3 Å². The molecule has 1 aliphatic carbocycles. The number of rotatable bonds is 7. The zero-order valence-corrected chi connectivity index (χ0v) is 23.5. The van der Waals surface area contributed by atoms with Crippen LogP contribution in [0.4, 0.5) is 18.9 Å². The van der Waals surface area contributed by atoms with Gasteiger partial charge >= 0.3 is 12.1 Å². The Balaban J connectivity index is 1.63. The molecule has 1 aromatic rings. The van der Waals surface area contributed by atoms with E-state index in [0.29, 0.717) is 24.1 Å². The van der Waals surface area contributed by atoms with Gasteiger partial charge in [-0.2, -0.15) is 18.4 Å². The number of likely N-dealkylation sites (tertiary alicyclic amines) is 1. The van der Waals surface area contributed by atoms with E-state index in [1.54, 1.807) is 24.3 Å². The molecule has 0 radical (unpaired) electrons. The molecule has 1 spiro atoms. The van der Waals surface area contributed by atoms with E-state index in [4.69, 9.17) is 0 Å². The second-order valence-corrected chi connectivity index (χ2v) is 11.8. The maximum atomic E-state index is 14.1. The summed E-state index contributed by atoms with van der Waals surface area (Å²) >= 11 is 0. The molecule has 9 nitrogen and oxygen atoms in total. The van der Waals surface area contributed by atoms with Crippen LogP contribution in [-0.4, -0.2) is 71.3 Å². The lowest BCUT2D eigenvalue weighted by molar-refractivity contribution is -0.176. The van der Waals surface area contributed by atoms with E-state index in [1.807, 2.05) is 19.2 Å². The summed E-state index contributed by atoms with van der Waals surface area (Å²) in [5.41, 5.74) is 0.186. The van der Waals surface area contributed by atoms with Gasteiger partial charge in [0.05, 0.1) is 11.5 Å². The van der Waals surface area contributed by atoms with Crippen molar-refractivity contribution in [3.8, 4) is 6.07 Å². The van der Waals surface area contributed by atoms with Crippen molar-refractivity contribution in [2.24, 2.45) is 11.8 Å². The summed E-state index contributed by atoms with van der Waals surface area (Å²) in [5, 5.41) is 14.7. The lowest BCUT2D eigenvalue weighted by Gasteiger charge is -2.37. The minimum Gasteiger partial charge on any atom is -0.336 e. The third-order valence-electron chi connectivity index (χ3n) is 8.64. The molecule has 0 unspecified atom stereocenters. The number of carbonyl (C=O) groups is 4. The molecule has 1 saturated carbocycles. The first-order valence-electron chi connectivity index (χ1n) is 14.1. The van der Waals surface area contributed by atoms with Gasteiger partial charge in [0.1, 0.15) is 18.1 Å². The average molecular weight is 576 g/mol. The zero-order chi connectivity index (χ0) is 30.1. The summed E-state index contributed by atoms with van der Waals surface area (Å²) in [6.07, 6.45) is -1.63. The van der Waals surface area contributed by atoms with E-state index in [0.717, 1.165) is 24.2 Å². The van der Waals surface area contributed by atoms with Crippen LogP contribution >= 0.6 is 0 Å². The van der Waals surface area contributed by atoms with Crippen LogP contribution in [0.5, 0.6) is 0 Å². The standard InChI is InChI=1S/C29H36F3N5O4/c1-17(2)13-22(36(3)25(39)23(18-9-5-4-6-10-18)35-27(41)29(30,31)32)24(38)37-16-28(14-19(37)15-33)20-11-7-8-12-21(20)34-26(28)40/h7-8,11-12,17-19,22-23H,4-6,9-10,13-14,16H2,1-3H3,(H,34,40)(H,35,41)/t19-,22-,23-,28-/m0/s1. The van der Waals surface area contributed by atoms with Crippen molar-refractivity contribution in [3.05, 3.63) is 29.8 Å². The van der Waals surface area contributed by atoms with Crippen LogP contribution < -0.4 is 10.6 Å². The molecule has 1 aromatic carbocycles. The molecule has 2 N–H and O–H groups in total. The van der Waals surface area contributed by atoms with Gasteiger partial charge in [-0.25, -0.2) is 0 Å². The molecule has 2 fully saturated rings. The van der Waals surface area contributed by atoms with Crippen LogP contribution in [0, 0.1) is 23.2 Å². The van der Waals surface area contributed by atoms with E-state index in [1.165, 1.54) is 11.9 Å². The lowest BCUT2D eigenvalue weighted by Crippen LogP contribution is -2.59. The van der Waals surface area contributed by atoms with Gasteiger partial charge in [0, 0.05) is 25.7 Å². The van der Waals surface area contributed by atoms with Crippen molar-refractivity contribution in [3.63, 3.8) is 0 Å². The van der Waals surface area contributed by atoms with Gasteiger partial charge in [0.25, 0.3) is 0 Å². The topological polar surface area (TPSA) is 123 Å². The van der Waals surface area contributed by atoms with E-state index < -0.39 is 53.4 Å². The number of nitrogens with zero attached hydrogens (tertiary/aromatic N) is 3. The number of hydrogen-bond donors (Lipinski definition) is 2. The highest BCUT2D eigenvalue weighted by Crippen LogP contribution is 2.46. The average Bonchev–Trinajstić information content (AvgIpc) is 3.46. The minimum atomic E-state index is -5.17. The molecular weight excluding hydrogens is 539 g/mol. The van der Waals surface area contributed by atoms with Crippen molar-refractivity contribution in [1.82, 2.24) is 15.1 Å². The van der Waals surface area contributed by atoms with Crippen molar-refractivity contribution >= 4 is 29.3 Å². The molecular formula is C29H36F3N5O4. The Bertz CT molecular complexity index is 1240. The van der Waals surface area contributed by atoms with Gasteiger partial charge in [-0.15, -0.1) is 0 Å². The molecule has 1 saturated heterocycles. The van der Waals surface area contributed by atoms with Gasteiger partial charge in [0.2, 0.25) is 17.7 Å². The smallest absolute Gasteiger partial charge is 0.336 e. The number of nitrogens with one attached hydrogen (secondary N) is 2. The molecule has 222 valence electrons. The summed E-state index contributed by atoms with van der Waals surface area (Å²) in [5.74, 6) is -4.44. The Morgan fingerprint density at radius 1 is 1.20 bits per heavy atom.